The molecule has 0 aromatic carbocycles. The zero-order chi connectivity index (χ0) is 9.31. The molecule has 0 aromatic heterocycles. The van der Waals surface area contributed by atoms with Crippen LogP contribution < -0.4 is 5.73 Å². The minimum Gasteiger partial charge on any atom is -0.384 e. The van der Waals surface area contributed by atoms with E-state index in [2.05, 4.69) is 6.08 Å². The minimum atomic E-state index is 0.393. The first-order chi connectivity index (χ1) is 6.24. The molecule has 2 aliphatic carbocycles. The monoisotopic (exact) mass is 181 g/mol. The van der Waals surface area contributed by atoms with Gasteiger partial charge in [-0.2, -0.15) is 0 Å². The molecule has 2 rings (SSSR count). The highest BCUT2D eigenvalue weighted by molar-refractivity contribution is 5.21. The van der Waals surface area contributed by atoms with Gasteiger partial charge in [0.2, 0.25) is 0 Å². The van der Waals surface area contributed by atoms with E-state index in [0.29, 0.717) is 11.5 Å². The molecule has 74 valence electrons. The quantitative estimate of drug-likeness (QED) is 0.674. The first kappa shape index (κ1) is 9.22. The van der Waals surface area contributed by atoms with E-state index in [-0.39, 0.29) is 0 Å². The van der Waals surface area contributed by atoms with Gasteiger partial charge in [-0.15, -0.1) is 0 Å². The first-order valence-corrected chi connectivity index (χ1v) is 5.19. The topological polar surface area (TPSA) is 35.2 Å². The van der Waals surface area contributed by atoms with Gasteiger partial charge in [0, 0.05) is 18.6 Å². The molecule has 2 aliphatic rings. The number of rotatable bonds is 3. The van der Waals surface area contributed by atoms with Crippen LogP contribution in [0.5, 0.6) is 0 Å². The van der Waals surface area contributed by atoms with Crippen LogP contribution in [0.15, 0.2) is 11.6 Å². The third-order valence-electron chi connectivity index (χ3n) is 3.34. The highest BCUT2D eigenvalue weighted by Gasteiger charge is 2.36. The predicted octanol–water partition coefficient (Wildman–Crippen LogP) is 1.85. The van der Waals surface area contributed by atoms with Crippen LogP contribution in [-0.2, 0) is 4.74 Å². The third kappa shape index (κ3) is 1.79. The molecular weight excluding hydrogens is 162 g/mol. The normalized spacial score (nSPS) is 30.6. The van der Waals surface area contributed by atoms with Crippen LogP contribution in [0.25, 0.3) is 0 Å². The number of hydrogen-bond acceptors (Lipinski definition) is 2. The molecule has 2 heteroatoms. The summed E-state index contributed by atoms with van der Waals surface area (Å²) in [4.78, 5) is 0. The van der Waals surface area contributed by atoms with Gasteiger partial charge >= 0.3 is 0 Å². The van der Waals surface area contributed by atoms with E-state index < -0.39 is 0 Å². The fourth-order valence-corrected chi connectivity index (χ4v) is 2.41. The molecule has 0 bridgehead atoms. The Morgan fingerprint density at radius 3 is 2.62 bits per heavy atom. The van der Waals surface area contributed by atoms with Crippen molar-refractivity contribution in [2.75, 3.05) is 13.7 Å². The summed E-state index contributed by atoms with van der Waals surface area (Å²) >= 11 is 0. The maximum atomic E-state index is 5.75. The average Bonchev–Trinajstić information content (AvgIpc) is 1.97. The van der Waals surface area contributed by atoms with Gasteiger partial charge in [-0.25, -0.2) is 0 Å². The predicted molar refractivity (Wildman–Crippen MR) is 53.5 cm³/mol. The number of ether oxygens (including phenoxy) is 1. The molecule has 0 amide bonds. The first-order valence-electron chi connectivity index (χ1n) is 5.19. The Labute approximate surface area is 80.1 Å². The SMILES string of the molecule is COCC1(C=C2CC(N)C2)CCC1. The highest BCUT2D eigenvalue weighted by atomic mass is 16.5. The van der Waals surface area contributed by atoms with Crippen LogP contribution in [0, 0.1) is 5.41 Å². The molecule has 0 atom stereocenters. The summed E-state index contributed by atoms with van der Waals surface area (Å²) in [5, 5.41) is 0. The molecule has 0 saturated heterocycles. The van der Waals surface area contributed by atoms with Crippen molar-refractivity contribution in [3.05, 3.63) is 11.6 Å². The minimum absolute atomic E-state index is 0.393. The van der Waals surface area contributed by atoms with E-state index in [1.54, 1.807) is 12.7 Å². The highest BCUT2D eigenvalue weighted by Crippen LogP contribution is 2.45. The fraction of sp³-hybridized carbons (Fsp3) is 0.818. The summed E-state index contributed by atoms with van der Waals surface area (Å²) in [6, 6.07) is 0.436. The Morgan fingerprint density at radius 2 is 2.23 bits per heavy atom. The van der Waals surface area contributed by atoms with E-state index in [0.717, 1.165) is 19.4 Å². The summed E-state index contributed by atoms with van der Waals surface area (Å²) in [5.74, 6) is 0. The van der Waals surface area contributed by atoms with Crippen molar-refractivity contribution in [2.24, 2.45) is 11.1 Å². The Morgan fingerprint density at radius 1 is 1.54 bits per heavy atom. The lowest BCUT2D eigenvalue weighted by molar-refractivity contribution is 0.0550. The van der Waals surface area contributed by atoms with E-state index in [9.17, 15) is 0 Å². The Hall–Kier alpha value is -0.340. The molecule has 2 fully saturated rings. The number of hydrogen-bond donors (Lipinski definition) is 1. The maximum Gasteiger partial charge on any atom is 0.0553 e. The van der Waals surface area contributed by atoms with Crippen molar-refractivity contribution in [1.82, 2.24) is 0 Å². The van der Waals surface area contributed by atoms with Crippen LogP contribution in [0.4, 0.5) is 0 Å². The Kier molecular flexibility index (Phi) is 2.43. The number of methoxy groups -OCH3 is 1. The molecule has 13 heavy (non-hydrogen) atoms. The van der Waals surface area contributed by atoms with E-state index in [4.69, 9.17) is 10.5 Å². The molecule has 2 saturated carbocycles. The zero-order valence-electron chi connectivity index (χ0n) is 8.38. The molecule has 0 aliphatic heterocycles. The van der Waals surface area contributed by atoms with Crippen molar-refractivity contribution in [1.29, 1.82) is 0 Å². The second-order valence-electron chi connectivity index (χ2n) is 4.62. The van der Waals surface area contributed by atoms with Crippen molar-refractivity contribution >= 4 is 0 Å². The van der Waals surface area contributed by atoms with E-state index >= 15 is 0 Å². The Balaban J connectivity index is 1.94. The van der Waals surface area contributed by atoms with Crippen LogP contribution in [-0.4, -0.2) is 19.8 Å². The smallest absolute Gasteiger partial charge is 0.0553 e. The molecule has 0 spiro atoms. The van der Waals surface area contributed by atoms with Crippen LogP contribution >= 0.6 is 0 Å². The lowest BCUT2D eigenvalue weighted by atomic mass is 9.66. The van der Waals surface area contributed by atoms with Crippen LogP contribution in [0.2, 0.25) is 0 Å². The second kappa shape index (κ2) is 3.43. The molecule has 0 unspecified atom stereocenters. The van der Waals surface area contributed by atoms with Crippen molar-refractivity contribution in [2.45, 2.75) is 38.1 Å². The van der Waals surface area contributed by atoms with Crippen LogP contribution in [0.3, 0.4) is 0 Å². The second-order valence-corrected chi connectivity index (χ2v) is 4.62. The molecular formula is C11H19NO. The molecule has 0 radical (unpaired) electrons. The van der Waals surface area contributed by atoms with Gasteiger partial charge in [-0.05, 0) is 25.7 Å². The van der Waals surface area contributed by atoms with Gasteiger partial charge in [0.15, 0.2) is 0 Å². The molecule has 0 aromatic rings. The summed E-state index contributed by atoms with van der Waals surface area (Å²) in [6.07, 6.45) is 8.65. The van der Waals surface area contributed by atoms with Gasteiger partial charge < -0.3 is 10.5 Å². The van der Waals surface area contributed by atoms with Crippen LogP contribution in [0.1, 0.15) is 32.1 Å². The van der Waals surface area contributed by atoms with E-state index in [1.165, 1.54) is 19.3 Å². The lowest BCUT2D eigenvalue weighted by Gasteiger charge is -2.41. The molecule has 0 heterocycles. The molecule has 2 nitrogen and oxygen atoms in total. The standard InChI is InChI=1S/C11H19NO/c1-13-8-11(3-2-4-11)7-9-5-10(12)6-9/h7,10H,2-6,8,12H2,1H3. The van der Waals surface area contributed by atoms with Gasteiger partial charge in [0.05, 0.1) is 6.61 Å². The van der Waals surface area contributed by atoms with Gasteiger partial charge in [-0.3, -0.25) is 0 Å². The summed E-state index contributed by atoms with van der Waals surface area (Å²) < 4.78 is 5.27. The van der Waals surface area contributed by atoms with E-state index in [1.807, 2.05) is 0 Å². The van der Waals surface area contributed by atoms with Crippen molar-refractivity contribution in [3.8, 4) is 0 Å². The summed E-state index contributed by atoms with van der Waals surface area (Å²) in [7, 11) is 1.80. The fourth-order valence-electron chi connectivity index (χ4n) is 2.41. The Bertz CT molecular complexity index is 210. The molecule has 2 N–H and O–H groups in total. The van der Waals surface area contributed by atoms with Gasteiger partial charge in [0.1, 0.15) is 0 Å². The lowest BCUT2D eigenvalue weighted by Crippen LogP contribution is -2.36. The van der Waals surface area contributed by atoms with Gasteiger partial charge in [0.25, 0.3) is 0 Å². The van der Waals surface area contributed by atoms with Crippen molar-refractivity contribution < 1.29 is 4.74 Å². The maximum absolute atomic E-state index is 5.75. The number of nitrogens with two attached hydrogens (primary N) is 1. The van der Waals surface area contributed by atoms with Crippen molar-refractivity contribution in [3.63, 3.8) is 0 Å². The van der Waals surface area contributed by atoms with Gasteiger partial charge in [-0.1, -0.05) is 18.1 Å². The third-order valence-corrected chi connectivity index (χ3v) is 3.34. The largest absolute Gasteiger partial charge is 0.384 e. The average molecular weight is 181 g/mol. The summed E-state index contributed by atoms with van der Waals surface area (Å²) in [6.45, 7) is 0.895. The zero-order valence-corrected chi connectivity index (χ0v) is 8.38. The summed E-state index contributed by atoms with van der Waals surface area (Å²) in [5.41, 5.74) is 7.70.